The van der Waals surface area contributed by atoms with Crippen LogP contribution in [0.2, 0.25) is 0 Å². The lowest BCUT2D eigenvalue weighted by Gasteiger charge is -2.33. The second kappa shape index (κ2) is 6.88. The van der Waals surface area contributed by atoms with Crippen molar-refractivity contribution in [3.05, 3.63) is 46.5 Å². The van der Waals surface area contributed by atoms with Crippen LogP contribution < -0.4 is 0 Å². The summed E-state index contributed by atoms with van der Waals surface area (Å²) in [5.41, 5.74) is 5.41. The van der Waals surface area contributed by atoms with E-state index in [1.807, 2.05) is 6.92 Å². The van der Waals surface area contributed by atoms with Gasteiger partial charge in [0.1, 0.15) is 6.29 Å². The molecule has 1 rings (SSSR count). The average Bonchev–Trinajstić information content (AvgIpc) is 2.39. The lowest BCUT2D eigenvalue weighted by molar-refractivity contribution is -0.111. The van der Waals surface area contributed by atoms with Crippen LogP contribution in [-0.4, -0.2) is 6.29 Å². The van der Waals surface area contributed by atoms with E-state index in [1.54, 1.807) is 0 Å². The van der Waals surface area contributed by atoms with Crippen LogP contribution in [0, 0.1) is 19.8 Å². The van der Waals surface area contributed by atoms with Gasteiger partial charge in [0.05, 0.1) is 0 Å². The quantitative estimate of drug-likeness (QED) is 0.517. The zero-order chi connectivity index (χ0) is 15.3. The van der Waals surface area contributed by atoms with Gasteiger partial charge >= 0.3 is 0 Å². The molecule has 0 saturated heterocycles. The highest BCUT2D eigenvalue weighted by atomic mass is 16.1. The maximum Gasteiger partial charge on any atom is 0.122 e. The predicted octanol–water partition coefficient (Wildman–Crippen LogP) is 5.14. The normalized spacial score (nSPS) is 15.3. The van der Waals surface area contributed by atoms with E-state index in [4.69, 9.17) is 0 Å². The zero-order valence-electron chi connectivity index (χ0n) is 13.8. The van der Waals surface area contributed by atoms with Crippen molar-refractivity contribution in [1.29, 1.82) is 0 Å². The van der Waals surface area contributed by atoms with Crippen LogP contribution in [0.15, 0.2) is 29.8 Å². The van der Waals surface area contributed by atoms with E-state index in [9.17, 15) is 4.79 Å². The van der Waals surface area contributed by atoms with E-state index < -0.39 is 0 Å². The van der Waals surface area contributed by atoms with Crippen molar-refractivity contribution in [3.63, 3.8) is 0 Å². The third kappa shape index (κ3) is 4.06. The van der Waals surface area contributed by atoms with Crippen molar-refractivity contribution in [2.45, 2.75) is 59.8 Å². The fourth-order valence-corrected chi connectivity index (χ4v) is 2.90. The van der Waals surface area contributed by atoms with Crippen LogP contribution in [-0.2, 0) is 10.2 Å². The van der Waals surface area contributed by atoms with E-state index in [0.29, 0.717) is 0 Å². The molecule has 0 aliphatic heterocycles. The minimum atomic E-state index is 0.0215. The summed E-state index contributed by atoms with van der Waals surface area (Å²) in [6.45, 7) is 12.9. The Kier molecular flexibility index (Phi) is 5.74. The molecule has 2 atom stereocenters. The second-order valence-corrected chi connectivity index (χ2v) is 6.61. The molecule has 0 radical (unpaired) electrons. The molecule has 0 fully saturated rings. The SMILES string of the molecule is CC(C)=CCC(C)(CC(C)C=O)c1cccc(C)c1C. The molecule has 0 amide bonds. The number of carbonyl (C=O) groups excluding carboxylic acids is 1. The van der Waals surface area contributed by atoms with E-state index in [-0.39, 0.29) is 11.3 Å². The highest BCUT2D eigenvalue weighted by Crippen LogP contribution is 2.37. The Balaban J connectivity index is 3.24. The minimum Gasteiger partial charge on any atom is -0.303 e. The summed E-state index contributed by atoms with van der Waals surface area (Å²) in [7, 11) is 0. The van der Waals surface area contributed by atoms with Gasteiger partial charge in [-0.3, -0.25) is 0 Å². The van der Waals surface area contributed by atoms with Gasteiger partial charge < -0.3 is 4.79 Å². The molecule has 1 aromatic carbocycles. The van der Waals surface area contributed by atoms with Crippen LogP contribution in [0.3, 0.4) is 0 Å². The van der Waals surface area contributed by atoms with Gasteiger partial charge in [0.2, 0.25) is 0 Å². The number of rotatable bonds is 6. The molecule has 1 nitrogen and oxygen atoms in total. The van der Waals surface area contributed by atoms with Gasteiger partial charge in [0, 0.05) is 5.92 Å². The smallest absolute Gasteiger partial charge is 0.122 e. The summed E-state index contributed by atoms with van der Waals surface area (Å²) in [6, 6.07) is 6.51. The van der Waals surface area contributed by atoms with Crippen LogP contribution in [0.1, 0.15) is 57.2 Å². The average molecular weight is 272 g/mol. The van der Waals surface area contributed by atoms with E-state index in [2.05, 4.69) is 58.9 Å². The summed E-state index contributed by atoms with van der Waals surface area (Å²) in [4.78, 5) is 11.1. The highest BCUT2D eigenvalue weighted by Gasteiger charge is 2.29. The number of benzene rings is 1. The first kappa shape index (κ1) is 16.7. The number of allylic oxidation sites excluding steroid dienone is 2. The molecule has 1 heteroatoms. The Hall–Kier alpha value is -1.37. The van der Waals surface area contributed by atoms with E-state index in [1.165, 1.54) is 22.3 Å². The van der Waals surface area contributed by atoms with Gasteiger partial charge in [-0.2, -0.15) is 0 Å². The second-order valence-electron chi connectivity index (χ2n) is 6.61. The Morgan fingerprint density at radius 2 is 1.95 bits per heavy atom. The number of hydrogen-bond donors (Lipinski definition) is 0. The fraction of sp³-hybridized carbons (Fsp3) is 0.526. The van der Waals surface area contributed by atoms with Gasteiger partial charge in [0.25, 0.3) is 0 Å². The Morgan fingerprint density at radius 1 is 1.30 bits per heavy atom. The molecule has 0 N–H and O–H groups in total. The van der Waals surface area contributed by atoms with Gasteiger partial charge in [-0.1, -0.05) is 43.7 Å². The lowest BCUT2D eigenvalue weighted by atomic mass is 9.71. The van der Waals surface area contributed by atoms with Gasteiger partial charge in [-0.15, -0.1) is 0 Å². The first-order valence-electron chi connectivity index (χ1n) is 7.45. The third-order valence-electron chi connectivity index (χ3n) is 4.22. The number of carbonyl (C=O) groups is 1. The number of aldehydes is 1. The van der Waals surface area contributed by atoms with Crippen molar-refractivity contribution in [3.8, 4) is 0 Å². The minimum absolute atomic E-state index is 0.0215. The molecule has 0 heterocycles. The van der Waals surface area contributed by atoms with Crippen LogP contribution >= 0.6 is 0 Å². The van der Waals surface area contributed by atoms with Crippen LogP contribution in [0.4, 0.5) is 0 Å². The summed E-state index contributed by atoms with van der Waals surface area (Å²) >= 11 is 0. The monoisotopic (exact) mass is 272 g/mol. The van der Waals surface area contributed by atoms with Gasteiger partial charge in [-0.25, -0.2) is 0 Å². The Labute approximate surface area is 124 Å². The highest BCUT2D eigenvalue weighted by molar-refractivity contribution is 5.53. The summed E-state index contributed by atoms with van der Waals surface area (Å²) in [6.07, 6.45) is 5.24. The van der Waals surface area contributed by atoms with E-state index in [0.717, 1.165) is 19.1 Å². The van der Waals surface area contributed by atoms with Crippen molar-refractivity contribution >= 4 is 6.29 Å². The summed E-state index contributed by atoms with van der Waals surface area (Å²) in [5.74, 6) is 0.0884. The summed E-state index contributed by atoms with van der Waals surface area (Å²) < 4.78 is 0. The summed E-state index contributed by atoms with van der Waals surface area (Å²) in [5, 5.41) is 0. The van der Waals surface area contributed by atoms with Crippen LogP contribution in [0.5, 0.6) is 0 Å². The van der Waals surface area contributed by atoms with Crippen molar-refractivity contribution in [1.82, 2.24) is 0 Å². The standard InChI is InChI=1S/C19H28O/c1-14(2)10-11-19(6,12-15(3)13-20)18-9-7-8-16(4)17(18)5/h7-10,13,15H,11-12H2,1-6H3. The third-order valence-corrected chi connectivity index (χ3v) is 4.22. The molecule has 1 aromatic rings. The number of hydrogen-bond acceptors (Lipinski definition) is 1. The predicted molar refractivity (Wildman–Crippen MR) is 87.2 cm³/mol. The molecule has 110 valence electrons. The molecular formula is C19H28O. The van der Waals surface area contributed by atoms with Crippen molar-refractivity contribution < 1.29 is 4.79 Å². The first-order valence-corrected chi connectivity index (χ1v) is 7.45. The molecular weight excluding hydrogens is 244 g/mol. The molecule has 20 heavy (non-hydrogen) atoms. The molecule has 0 aliphatic carbocycles. The Bertz CT molecular complexity index is 494. The van der Waals surface area contributed by atoms with Gasteiger partial charge in [0.15, 0.2) is 0 Å². The topological polar surface area (TPSA) is 17.1 Å². The largest absolute Gasteiger partial charge is 0.303 e. The van der Waals surface area contributed by atoms with E-state index >= 15 is 0 Å². The molecule has 0 saturated carbocycles. The Morgan fingerprint density at radius 3 is 2.50 bits per heavy atom. The van der Waals surface area contributed by atoms with Crippen molar-refractivity contribution in [2.24, 2.45) is 5.92 Å². The molecule has 0 bridgehead atoms. The molecule has 0 aliphatic rings. The molecule has 0 aromatic heterocycles. The van der Waals surface area contributed by atoms with Crippen LogP contribution in [0.25, 0.3) is 0 Å². The lowest BCUT2D eigenvalue weighted by Crippen LogP contribution is -2.26. The fourth-order valence-electron chi connectivity index (χ4n) is 2.90. The molecule has 2 unspecified atom stereocenters. The van der Waals surface area contributed by atoms with Crippen molar-refractivity contribution in [2.75, 3.05) is 0 Å². The number of aryl methyl sites for hydroxylation is 1. The zero-order valence-corrected chi connectivity index (χ0v) is 13.8. The maximum atomic E-state index is 11.1. The maximum absolute atomic E-state index is 11.1. The first-order chi connectivity index (χ1) is 9.30. The molecule has 0 spiro atoms. The van der Waals surface area contributed by atoms with Gasteiger partial charge in [-0.05, 0) is 62.6 Å².